The van der Waals surface area contributed by atoms with Gasteiger partial charge in [0.05, 0.1) is 18.2 Å². The van der Waals surface area contributed by atoms with Crippen molar-refractivity contribution in [1.29, 1.82) is 0 Å². The summed E-state index contributed by atoms with van der Waals surface area (Å²) in [5.41, 5.74) is 1.29. The number of benzene rings is 2. The van der Waals surface area contributed by atoms with Crippen LogP contribution in [-0.4, -0.2) is 24.8 Å². The van der Waals surface area contributed by atoms with E-state index in [0.717, 1.165) is 17.7 Å². The predicted molar refractivity (Wildman–Crippen MR) is 90.5 cm³/mol. The largest absolute Gasteiger partial charge is 0.496 e. The number of ether oxygens (including phenoxy) is 1. The predicted octanol–water partition coefficient (Wildman–Crippen LogP) is 3.74. The minimum Gasteiger partial charge on any atom is -0.496 e. The minimum atomic E-state index is -0.950. The van der Waals surface area contributed by atoms with Crippen molar-refractivity contribution in [3.05, 3.63) is 64.4 Å². The number of hydrogen-bond acceptors (Lipinski definition) is 3. The van der Waals surface area contributed by atoms with Gasteiger partial charge in [0, 0.05) is 18.2 Å². The first-order valence-electron chi connectivity index (χ1n) is 7.50. The van der Waals surface area contributed by atoms with Gasteiger partial charge in [-0.1, -0.05) is 41.9 Å². The molecule has 2 rings (SSSR count). The van der Waals surface area contributed by atoms with Gasteiger partial charge in [0.15, 0.2) is 0 Å². The number of aliphatic hydroxyl groups is 1. The van der Waals surface area contributed by atoms with Gasteiger partial charge in [0.2, 0.25) is 0 Å². The van der Waals surface area contributed by atoms with Crippen molar-refractivity contribution in [1.82, 2.24) is 5.32 Å². The summed E-state index contributed by atoms with van der Waals surface area (Å²) in [4.78, 5) is 0. The molecule has 0 saturated carbocycles. The average Bonchev–Trinajstić information content (AvgIpc) is 2.55. The van der Waals surface area contributed by atoms with Crippen molar-refractivity contribution in [3.8, 4) is 5.75 Å². The maximum Gasteiger partial charge on any atom is 0.147 e. The van der Waals surface area contributed by atoms with Crippen molar-refractivity contribution in [3.63, 3.8) is 0 Å². The smallest absolute Gasteiger partial charge is 0.147 e. The monoisotopic (exact) mass is 337 g/mol. The van der Waals surface area contributed by atoms with Gasteiger partial charge in [-0.3, -0.25) is 0 Å². The molecule has 23 heavy (non-hydrogen) atoms. The molecule has 2 N–H and O–H groups in total. The lowest BCUT2D eigenvalue weighted by molar-refractivity contribution is 0.166. The van der Waals surface area contributed by atoms with E-state index in [1.165, 1.54) is 6.07 Å². The minimum absolute atomic E-state index is 0.0172. The maximum atomic E-state index is 13.9. The molecule has 0 aliphatic rings. The molecule has 0 radical (unpaired) electrons. The Kier molecular flexibility index (Phi) is 6.39. The van der Waals surface area contributed by atoms with E-state index in [-0.39, 0.29) is 23.2 Å². The summed E-state index contributed by atoms with van der Waals surface area (Å²) in [5, 5.41) is 13.4. The standard InChI is InChI=1S/C18H21ClFNO2/c1-12(10-13-6-3-4-9-17(13)23-2)21-11-16(22)14-7-5-8-15(19)18(14)20/h3-9,12,16,21-22H,10-11H2,1-2H3/t12-,16+/m1/s1. The molecule has 0 spiro atoms. The first kappa shape index (κ1) is 17.7. The lowest BCUT2D eigenvalue weighted by Crippen LogP contribution is -2.32. The second kappa shape index (κ2) is 8.29. The highest BCUT2D eigenvalue weighted by Crippen LogP contribution is 2.23. The first-order chi connectivity index (χ1) is 11.0. The molecular formula is C18H21ClFNO2. The van der Waals surface area contributed by atoms with E-state index < -0.39 is 11.9 Å². The van der Waals surface area contributed by atoms with Gasteiger partial charge in [-0.25, -0.2) is 4.39 Å². The lowest BCUT2D eigenvalue weighted by Gasteiger charge is -2.19. The van der Waals surface area contributed by atoms with Crippen molar-refractivity contribution in [2.24, 2.45) is 0 Å². The summed E-state index contributed by atoms with van der Waals surface area (Å²) in [6.07, 6.45) is -0.205. The Balaban J connectivity index is 1.93. The number of methoxy groups -OCH3 is 1. The lowest BCUT2D eigenvalue weighted by atomic mass is 10.0. The van der Waals surface area contributed by atoms with E-state index in [9.17, 15) is 9.50 Å². The van der Waals surface area contributed by atoms with Crippen LogP contribution < -0.4 is 10.1 Å². The molecule has 0 aliphatic heterocycles. The molecular weight excluding hydrogens is 317 g/mol. The van der Waals surface area contributed by atoms with Gasteiger partial charge >= 0.3 is 0 Å². The molecule has 2 atom stereocenters. The van der Waals surface area contributed by atoms with E-state index in [4.69, 9.17) is 16.3 Å². The Hall–Kier alpha value is -1.62. The molecule has 0 aliphatic carbocycles. The topological polar surface area (TPSA) is 41.5 Å². The second-order valence-corrected chi connectivity index (χ2v) is 5.89. The van der Waals surface area contributed by atoms with Gasteiger partial charge in [-0.15, -0.1) is 0 Å². The van der Waals surface area contributed by atoms with Crippen molar-refractivity contribution in [2.45, 2.75) is 25.5 Å². The summed E-state index contributed by atoms with van der Waals surface area (Å²) >= 11 is 5.74. The van der Waals surface area contributed by atoms with Crippen LogP contribution in [-0.2, 0) is 6.42 Å². The molecule has 0 heterocycles. The van der Waals surface area contributed by atoms with Crippen molar-refractivity contribution < 1.29 is 14.2 Å². The van der Waals surface area contributed by atoms with Crippen LogP contribution in [0.5, 0.6) is 5.75 Å². The van der Waals surface area contributed by atoms with Crippen molar-refractivity contribution in [2.75, 3.05) is 13.7 Å². The number of halogens is 2. The molecule has 0 bridgehead atoms. The number of aliphatic hydroxyl groups excluding tert-OH is 1. The van der Waals surface area contributed by atoms with Gasteiger partial charge in [0.1, 0.15) is 11.6 Å². The number of hydrogen-bond donors (Lipinski definition) is 2. The van der Waals surface area contributed by atoms with E-state index in [0.29, 0.717) is 0 Å². The summed E-state index contributed by atoms with van der Waals surface area (Å²) in [5.74, 6) is 0.267. The van der Waals surface area contributed by atoms with E-state index >= 15 is 0 Å². The molecule has 3 nitrogen and oxygen atoms in total. The highest BCUT2D eigenvalue weighted by Gasteiger charge is 2.16. The van der Waals surface area contributed by atoms with Crippen LogP contribution in [0.25, 0.3) is 0 Å². The number of nitrogens with one attached hydrogen (secondary N) is 1. The normalized spacial score (nSPS) is 13.6. The summed E-state index contributed by atoms with van der Waals surface area (Å²) in [6.45, 7) is 2.25. The average molecular weight is 338 g/mol. The van der Waals surface area contributed by atoms with Crippen LogP contribution in [0.1, 0.15) is 24.2 Å². The second-order valence-electron chi connectivity index (χ2n) is 5.48. The van der Waals surface area contributed by atoms with Crippen LogP contribution in [0.15, 0.2) is 42.5 Å². The Labute approximate surface area is 141 Å². The first-order valence-corrected chi connectivity index (χ1v) is 7.88. The zero-order valence-corrected chi connectivity index (χ0v) is 14.0. The summed E-state index contributed by atoms with van der Waals surface area (Å²) < 4.78 is 19.2. The molecule has 2 aromatic carbocycles. The highest BCUT2D eigenvalue weighted by atomic mass is 35.5. The molecule has 2 aromatic rings. The van der Waals surface area contributed by atoms with Crippen molar-refractivity contribution >= 4 is 11.6 Å². The van der Waals surface area contributed by atoms with Crippen LogP contribution in [0.4, 0.5) is 4.39 Å². The fraction of sp³-hybridized carbons (Fsp3) is 0.333. The van der Waals surface area contributed by atoms with E-state index in [1.807, 2.05) is 31.2 Å². The molecule has 0 saturated heterocycles. The van der Waals surface area contributed by atoms with Crippen LogP contribution in [0, 0.1) is 5.82 Å². The zero-order chi connectivity index (χ0) is 16.8. The Bertz CT molecular complexity index is 651. The van der Waals surface area contributed by atoms with Crippen LogP contribution in [0.2, 0.25) is 5.02 Å². The quantitative estimate of drug-likeness (QED) is 0.808. The third kappa shape index (κ3) is 4.67. The fourth-order valence-corrected chi connectivity index (χ4v) is 2.66. The SMILES string of the molecule is COc1ccccc1C[C@@H](C)NC[C@H](O)c1cccc(Cl)c1F. The van der Waals surface area contributed by atoms with Crippen LogP contribution >= 0.6 is 11.6 Å². The molecule has 0 aromatic heterocycles. The fourth-order valence-electron chi connectivity index (χ4n) is 2.47. The Morgan fingerprint density at radius 3 is 2.70 bits per heavy atom. The zero-order valence-electron chi connectivity index (χ0n) is 13.2. The van der Waals surface area contributed by atoms with Gasteiger partial charge < -0.3 is 15.2 Å². The maximum absolute atomic E-state index is 13.9. The Morgan fingerprint density at radius 1 is 1.22 bits per heavy atom. The van der Waals surface area contributed by atoms with Gasteiger partial charge in [-0.05, 0) is 31.0 Å². The van der Waals surface area contributed by atoms with E-state index in [1.54, 1.807) is 19.2 Å². The molecule has 124 valence electrons. The third-order valence-electron chi connectivity index (χ3n) is 3.72. The molecule has 0 unspecified atom stereocenters. The molecule has 0 amide bonds. The van der Waals surface area contributed by atoms with Gasteiger partial charge in [-0.2, -0.15) is 0 Å². The van der Waals surface area contributed by atoms with Crippen LogP contribution in [0.3, 0.4) is 0 Å². The number of rotatable bonds is 7. The number of para-hydroxylation sites is 1. The molecule has 0 fully saturated rings. The Morgan fingerprint density at radius 2 is 1.96 bits per heavy atom. The highest BCUT2D eigenvalue weighted by molar-refractivity contribution is 6.30. The summed E-state index contributed by atoms with van der Waals surface area (Å²) in [7, 11) is 1.64. The summed E-state index contributed by atoms with van der Waals surface area (Å²) in [6, 6.07) is 12.5. The molecule has 5 heteroatoms. The van der Waals surface area contributed by atoms with E-state index in [2.05, 4.69) is 5.32 Å². The third-order valence-corrected chi connectivity index (χ3v) is 4.01. The van der Waals surface area contributed by atoms with Gasteiger partial charge in [0.25, 0.3) is 0 Å².